The number of fused-ring (bicyclic) bond motifs is 1. The Labute approximate surface area is 172 Å². The number of carboxylic acids is 1. The zero-order valence-corrected chi connectivity index (χ0v) is 17.0. The van der Waals surface area contributed by atoms with Crippen LogP contribution < -0.4 is 20.5 Å². The zero-order valence-electron chi connectivity index (χ0n) is 17.0. The first kappa shape index (κ1) is 19.9. The topological polar surface area (TPSA) is 115 Å². The van der Waals surface area contributed by atoms with Crippen molar-refractivity contribution in [3.63, 3.8) is 0 Å². The third kappa shape index (κ3) is 3.73. The van der Waals surface area contributed by atoms with Crippen LogP contribution in [0.2, 0.25) is 0 Å². The summed E-state index contributed by atoms with van der Waals surface area (Å²) >= 11 is 0. The van der Waals surface area contributed by atoms with Gasteiger partial charge in [-0.3, -0.25) is 14.2 Å². The highest BCUT2D eigenvalue weighted by Gasteiger charge is 2.23. The fourth-order valence-electron chi connectivity index (χ4n) is 3.58. The van der Waals surface area contributed by atoms with Gasteiger partial charge in [-0.1, -0.05) is 12.1 Å². The van der Waals surface area contributed by atoms with Crippen LogP contribution in [0.4, 0.5) is 5.95 Å². The van der Waals surface area contributed by atoms with Crippen LogP contribution in [0.25, 0.3) is 11.2 Å². The minimum absolute atomic E-state index is 0.0633. The Morgan fingerprint density at radius 1 is 1.20 bits per heavy atom. The number of hydrogen-bond donors (Lipinski definition) is 2. The van der Waals surface area contributed by atoms with Crippen LogP contribution in [0.3, 0.4) is 0 Å². The third-order valence-corrected chi connectivity index (χ3v) is 5.13. The highest BCUT2D eigenvalue weighted by Crippen LogP contribution is 2.24. The minimum atomic E-state index is -0.898. The molecule has 1 aromatic carbocycles. The van der Waals surface area contributed by atoms with Crippen molar-refractivity contribution in [2.75, 3.05) is 31.1 Å². The predicted molar refractivity (Wildman–Crippen MR) is 111 cm³/mol. The summed E-state index contributed by atoms with van der Waals surface area (Å²) < 4.78 is 9.09. The van der Waals surface area contributed by atoms with Crippen molar-refractivity contribution in [3.05, 3.63) is 40.2 Å². The van der Waals surface area contributed by atoms with Crippen LogP contribution in [0.15, 0.2) is 29.1 Å². The lowest BCUT2D eigenvalue weighted by molar-refractivity contribution is -0.136. The number of ether oxygens (including phenoxy) is 1. The van der Waals surface area contributed by atoms with Crippen molar-refractivity contribution in [2.45, 2.75) is 19.9 Å². The van der Waals surface area contributed by atoms with Crippen molar-refractivity contribution < 1.29 is 14.6 Å². The Morgan fingerprint density at radius 2 is 1.90 bits per heavy atom. The summed E-state index contributed by atoms with van der Waals surface area (Å²) in [5.74, 6) is 0.307. The summed E-state index contributed by atoms with van der Waals surface area (Å²) in [6, 6.07) is 6.80. The lowest BCUT2D eigenvalue weighted by Gasteiger charge is -2.28. The van der Waals surface area contributed by atoms with Gasteiger partial charge in [-0.05, 0) is 24.6 Å². The molecule has 30 heavy (non-hydrogen) atoms. The number of carbonyl (C=O) groups is 1. The van der Waals surface area contributed by atoms with E-state index in [2.05, 4.69) is 20.2 Å². The van der Waals surface area contributed by atoms with Crippen LogP contribution in [0.5, 0.6) is 11.8 Å². The number of carboxylic acid groups (broad SMARTS) is 1. The standard InChI is InChI=1S/C20H24N6O4/c1-3-26-16-17(22-19(26)25-10-8-21-9-11-25)23-20(24(2)18(16)29)30-14-6-4-13(5-7-14)12-15(27)28/h4-7,21H,3,8-12H2,1-2H3,(H,27,28). The van der Waals surface area contributed by atoms with Crippen LogP contribution >= 0.6 is 0 Å². The molecule has 0 radical (unpaired) electrons. The number of benzene rings is 1. The molecule has 1 aliphatic rings. The van der Waals surface area contributed by atoms with Crippen LogP contribution in [0.1, 0.15) is 12.5 Å². The van der Waals surface area contributed by atoms with Crippen molar-refractivity contribution in [3.8, 4) is 11.8 Å². The van der Waals surface area contributed by atoms with E-state index in [9.17, 15) is 9.59 Å². The van der Waals surface area contributed by atoms with Crippen molar-refractivity contribution in [2.24, 2.45) is 7.05 Å². The van der Waals surface area contributed by atoms with Crippen LogP contribution in [-0.4, -0.2) is 56.4 Å². The number of nitrogens with zero attached hydrogens (tertiary/aromatic N) is 5. The Bertz CT molecular complexity index is 1130. The van der Waals surface area contributed by atoms with E-state index in [1.807, 2.05) is 11.5 Å². The Balaban J connectivity index is 1.70. The maximum absolute atomic E-state index is 13.1. The lowest BCUT2D eigenvalue weighted by atomic mass is 10.1. The number of piperazine rings is 1. The monoisotopic (exact) mass is 412 g/mol. The predicted octanol–water partition coefficient (Wildman–Crippen LogP) is 0.979. The molecule has 2 aromatic heterocycles. The second kappa shape index (κ2) is 8.15. The molecule has 2 N–H and O–H groups in total. The van der Waals surface area contributed by atoms with Gasteiger partial charge < -0.3 is 24.6 Å². The summed E-state index contributed by atoms with van der Waals surface area (Å²) in [6.07, 6.45) is -0.0633. The van der Waals surface area contributed by atoms with Gasteiger partial charge in [0.1, 0.15) is 5.75 Å². The average molecular weight is 412 g/mol. The summed E-state index contributed by atoms with van der Waals surface area (Å²) in [5.41, 5.74) is 1.24. The number of imidazole rings is 1. The molecule has 3 aromatic rings. The highest BCUT2D eigenvalue weighted by atomic mass is 16.5. The molecule has 0 amide bonds. The maximum Gasteiger partial charge on any atom is 0.307 e. The number of aromatic nitrogens is 4. The molecule has 10 nitrogen and oxygen atoms in total. The molecule has 10 heteroatoms. The van der Waals surface area contributed by atoms with Gasteiger partial charge in [0.2, 0.25) is 5.95 Å². The molecule has 0 spiro atoms. The number of rotatable bonds is 6. The number of hydrogen-bond acceptors (Lipinski definition) is 7. The first-order chi connectivity index (χ1) is 14.5. The Kier molecular flexibility index (Phi) is 5.40. The SMILES string of the molecule is CCn1c(N2CCNCC2)nc2nc(Oc3ccc(CC(=O)O)cc3)n(C)c(=O)c21. The van der Waals surface area contributed by atoms with E-state index in [0.717, 1.165) is 32.1 Å². The molecular formula is C20H24N6O4. The molecule has 0 saturated carbocycles. The first-order valence-corrected chi connectivity index (χ1v) is 9.89. The van der Waals surface area contributed by atoms with Gasteiger partial charge in [-0.2, -0.15) is 9.97 Å². The second-order valence-corrected chi connectivity index (χ2v) is 7.14. The summed E-state index contributed by atoms with van der Waals surface area (Å²) in [4.78, 5) is 35.2. The van der Waals surface area contributed by atoms with Gasteiger partial charge in [0.15, 0.2) is 11.2 Å². The first-order valence-electron chi connectivity index (χ1n) is 9.89. The van der Waals surface area contributed by atoms with E-state index < -0.39 is 5.97 Å². The van der Waals surface area contributed by atoms with Gasteiger partial charge in [0.25, 0.3) is 5.56 Å². The van der Waals surface area contributed by atoms with Crippen molar-refractivity contribution >= 4 is 23.1 Å². The number of anilines is 1. The van der Waals surface area contributed by atoms with E-state index in [0.29, 0.717) is 29.0 Å². The van der Waals surface area contributed by atoms with Crippen LogP contribution in [0, 0.1) is 0 Å². The number of aryl methyl sites for hydroxylation is 1. The Hall–Kier alpha value is -3.40. The summed E-state index contributed by atoms with van der Waals surface area (Å²) in [7, 11) is 1.61. The van der Waals surface area contributed by atoms with Gasteiger partial charge in [0.05, 0.1) is 6.42 Å². The van der Waals surface area contributed by atoms with Crippen molar-refractivity contribution in [1.29, 1.82) is 0 Å². The minimum Gasteiger partial charge on any atom is -0.481 e. The van der Waals surface area contributed by atoms with E-state index in [4.69, 9.17) is 9.84 Å². The fourth-order valence-corrected chi connectivity index (χ4v) is 3.58. The van der Waals surface area contributed by atoms with Gasteiger partial charge >= 0.3 is 12.0 Å². The molecule has 0 unspecified atom stereocenters. The molecule has 0 aliphatic carbocycles. The van der Waals surface area contributed by atoms with Gasteiger partial charge in [-0.25, -0.2) is 0 Å². The Morgan fingerprint density at radius 3 is 2.53 bits per heavy atom. The van der Waals surface area contributed by atoms with Gasteiger partial charge in [-0.15, -0.1) is 0 Å². The quantitative estimate of drug-likeness (QED) is 0.616. The van der Waals surface area contributed by atoms with E-state index in [-0.39, 0.29) is 18.0 Å². The molecule has 1 aliphatic heterocycles. The van der Waals surface area contributed by atoms with E-state index >= 15 is 0 Å². The molecule has 4 rings (SSSR count). The number of nitrogens with one attached hydrogen (secondary N) is 1. The van der Waals surface area contributed by atoms with Gasteiger partial charge in [0, 0.05) is 39.8 Å². The molecule has 0 bridgehead atoms. The molecule has 1 saturated heterocycles. The molecule has 158 valence electrons. The normalized spacial score (nSPS) is 14.3. The van der Waals surface area contributed by atoms with E-state index in [1.165, 1.54) is 4.57 Å². The molecule has 1 fully saturated rings. The molecular weight excluding hydrogens is 388 g/mol. The second-order valence-electron chi connectivity index (χ2n) is 7.14. The third-order valence-electron chi connectivity index (χ3n) is 5.13. The van der Waals surface area contributed by atoms with E-state index in [1.54, 1.807) is 31.3 Å². The summed E-state index contributed by atoms with van der Waals surface area (Å²) in [6.45, 7) is 5.95. The van der Waals surface area contributed by atoms with Crippen molar-refractivity contribution in [1.82, 2.24) is 24.4 Å². The maximum atomic E-state index is 13.1. The summed E-state index contributed by atoms with van der Waals surface area (Å²) in [5, 5.41) is 12.2. The largest absolute Gasteiger partial charge is 0.481 e. The molecule has 0 atom stereocenters. The molecule has 3 heterocycles. The zero-order chi connectivity index (χ0) is 21.3. The highest BCUT2D eigenvalue weighted by molar-refractivity contribution is 5.74. The smallest absolute Gasteiger partial charge is 0.307 e. The number of aliphatic carboxylic acids is 1. The lowest BCUT2D eigenvalue weighted by Crippen LogP contribution is -2.44. The fraction of sp³-hybridized carbons (Fsp3) is 0.400. The average Bonchev–Trinajstić information content (AvgIpc) is 3.12. The van der Waals surface area contributed by atoms with Crippen LogP contribution in [-0.2, 0) is 24.8 Å².